The molecule has 0 aromatic heterocycles. The molecule has 2 amide bonds. The monoisotopic (exact) mass is 292 g/mol. The van der Waals surface area contributed by atoms with Gasteiger partial charge in [-0.2, -0.15) is 0 Å². The Kier molecular flexibility index (Phi) is 5.87. The average Bonchev–Trinajstić information content (AvgIpc) is 3.00. The van der Waals surface area contributed by atoms with E-state index in [-0.39, 0.29) is 12.1 Å². The van der Waals surface area contributed by atoms with Crippen molar-refractivity contribution in [3.63, 3.8) is 0 Å². The maximum absolute atomic E-state index is 12.2. The van der Waals surface area contributed by atoms with Crippen LogP contribution in [-0.2, 0) is 11.3 Å². The molecule has 1 aromatic carbocycles. The lowest BCUT2D eigenvalue weighted by Crippen LogP contribution is -2.43. The van der Waals surface area contributed by atoms with Crippen molar-refractivity contribution in [3.8, 4) is 5.75 Å². The Labute approximate surface area is 126 Å². The summed E-state index contributed by atoms with van der Waals surface area (Å²) in [6.45, 7) is 4.53. The van der Waals surface area contributed by atoms with Gasteiger partial charge in [-0.15, -0.1) is 0 Å². The Morgan fingerprint density at radius 1 is 1.52 bits per heavy atom. The lowest BCUT2D eigenvalue weighted by Gasteiger charge is -2.25. The van der Waals surface area contributed by atoms with Crippen molar-refractivity contribution in [2.45, 2.75) is 32.4 Å². The molecular weight excluding hydrogens is 268 g/mol. The number of methoxy groups -OCH3 is 1. The van der Waals surface area contributed by atoms with Crippen molar-refractivity contribution in [3.05, 3.63) is 29.8 Å². The molecule has 0 bridgehead atoms. The van der Waals surface area contributed by atoms with Crippen LogP contribution in [0.2, 0.25) is 0 Å². The Morgan fingerprint density at radius 2 is 2.38 bits per heavy atom. The first-order chi connectivity index (χ1) is 10.2. The Bertz CT molecular complexity index is 459. The third-order valence-electron chi connectivity index (χ3n) is 3.57. The van der Waals surface area contributed by atoms with Crippen molar-refractivity contribution < 1.29 is 14.3 Å². The minimum atomic E-state index is -0.0455. The number of hydrogen-bond acceptors (Lipinski definition) is 3. The molecule has 0 spiro atoms. The molecule has 1 saturated heterocycles. The van der Waals surface area contributed by atoms with E-state index in [0.29, 0.717) is 19.6 Å². The van der Waals surface area contributed by atoms with E-state index in [4.69, 9.17) is 9.47 Å². The van der Waals surface area contributed by atoms with E-state index in [2.05, 4.69) is 5.32 Å². The van der Waals surface area contributed by atoms with Crippen LogP contribution in [0.1, 0.15) is 25.3 Å². The van der Waals surface area contributed by atoms with Gasteiger partial charge in [0, 0.05) is 26.2 Å². The minimum absolute atomic E-state index is 0.0455. The molecule has 2 rings (SSSR count). The summed E-state index contributed by atoms with van der Waals surface area (Å²) in [5, 5.41) is 2.87. The Hall–Kier alpha value is -1.75. The normalized spacial score (nSPS) is 17.5. The van der Waals surface area contributed by atoms with Crippen molar-refractivity contribution in [2.75, 3.05) is 26.8 Å². The first-order valence-electron chi connectivity index (χ1n) is 7.50. The summed E-state index contributed by atoms with van der Waals surface area (Å²) in [4.78, 5) is 14.0. The third kappa shape index (κ3) is 4.63. The minimum Gasteiger partial charge on any atom is -0.497 e. The molecule has 1 atom stereocenters. The van der Waals surface area contributed by atoms with Crippen LogP contribution >= 0.6 is 0 Å². The molecule has 1 N–H and O–H groups in total. The molecule has 1 fully saturated rings. The van der Waals surface area contributed by atoms with Crippen LogP contribution in [0.3, 0.4) is 0 Å². The fourth-order valence-electron chi connectivity index (χ4n) is 2.51. The van der Waals surface area contributed by atoms with Crippen molar-refractivity contribution in [1.82, 2.24) is 10.2 Å². The predicted octanol–water partition coefficient (Wildman–Crippen LogP) is 2.41. The fraction of sp³-hybridized carbons (Fsp3) is 0.562. The van der Waals surface area contributed by atoms with Gasteiger partial charge in [0.25, 0.3) is 0 Å². The number of nitrogens with zero attached hydrogens (tertiary/aromatic N) is 1. The number of carbonyl (C=O) groups is 1. The Morgan fingerprint density at radius 3 is 3.05 bits per heavy atom. The zero-order valence-electron chi connectivity index (χ0n) is 12.8. The third-order valence-corrected chi connectivity index (χ3v) is 3.57. The molecule has 5 heteroatoms. The van der Waals surface area contributed by atoms with Gasteiger partial charge in [-0.1, -0.05) is 12.1 Å². The standard InChI is InChI=1S/C16H24N2O3/c1-3-17-16(19)18(12-15-8-5-9-21-15)11-13-6-4-7-14(10-13)20-2/h4,6-7,10,15H,3,5,8-9,11-12H2,1-2H3,(H,17,19). The molecule has 116 valence electrons. The summed E-state index contributed by atoms with van der Waals surface area (Å²) in [6.07, 6.45) is 2.25. The van der Waals surface area contributed by atoms with Crippen LogP contribution in [0.4, 0.5) is 4.79 Å². The molecule has 1 aromatic rings. The van der Waals surface area contributed by atoms with E-state index < -0.39 is 0 Å². The van der Waals surface area contributed by atoms with Gasteiger partial charge in [0.15, 0.2) is 0 Å². The fourth-order valence-corrected chi connectivity index (χ4v) is 2.51. The summed E-state index contributed by atoms with van der Waals surface area (Å²) in [6, 6.07) is 7.76. The van der Waals surface area contributed by atoms with Crippen LogP contribution in [0.5, 0.6) is 5.75 Å². The molecule has 21 heavy (non-hydrogen) atoms. The SMILES string of the molecule is CCNC(=O)N(Cc1cccc(OC)c1)CC1CCCO1. The van der Waals surface area contributed by atoms with Gasteiger partial charge in [0.2, 0.25) is 0 Å². The van der Waals surface area contributed by atoms with Crippen molar-refractivity contribution >= 4 is 6.03 Å². The van der Waals surface area contributed by atoms with Gasteiger partial charge in [-0.3, -0.25) is 0 Å². The number of urea groups is 1. The van der Waals surface area contributed by atoms with E-state index in [0.717, 1.165) is 30.8 Å². The van der Waals surface area contributed by atoms with Crippen LogP contribution in [0, 0.1) is 0 Å². The van der Waals surface area contributed by atoms with Crippen LogP contribution in [0.15, 0.2) is 24.3 Å². The molecular formula is C16H24N2O3. The van der Waals surface area contributed by atoms with E-state index in [1.165, 1.54) is 0 Å². The van der Waals surface area contributed by atoms with Crippen LogP contribution in [-0.4, -0.2) is 43.8 Å². The van der Waals surface area contributed by atoms with Gasteiger partial charge in [0.05, 0.1) is 13.2 Å². The second kappa shape index (κ2) is 7.88. The molecule has 0 radical (unpaired) electrons. The number of ether oxygens (including phenoxy) is 2. The second-order valence-corrected chi connectivity index (χ2v) is 5.20. The van der Waals surface area contributed by atoms with Gasteiger partial charge in [-0.05, 0) is 37.5 Å². The first kappa shape index (κ1) is 15.6. The van der Waals surface area contributed by atoms with E-state index in [1.54, 1.807) is 7.11 Å². The van der Waals surface area contributed by atoms with Gasteiger partial charge in [-0.25, -0.2) is 4.79 Å². The molecule has 5 nitrogen and oxygen atoms in total. The topological polar surface area (TPSA) is 50.8 Å². The van der Waals surface area contributed by atoms with Gasteiger partial charge < -0.3 is 19.7 Å². The maximum atomic E-state index is 12.2. The molecule has 1 aliphatic heterocycles. The molecule has 1 unspecified atom stereocenters. The van der Waals surface area contributed by atoms with E-state index in [9.17, 15) is 4.79 Å². The maximum Gasteiger partial charge on any atom is 0.317 e. The lowest BCUT2D eigenvalue weighted by molar-refractivity contribution is 0.0795. The van der Waals surface area contributed by atoms with Crippen molar-refractivity contribution in [2.24, 2.45) is 0 Å². The molecule has 0 aliphatic carbocycles. The van der Waals surface area contributed by atoms with Crippen LogP contribution in [0.25, 0.3) is 0 Å². The van der Waals surface area contributed by atoms with E-state index in [1.807, 2.05) is 36.1 Å². The highest BCUT2D eigenvalue weighted by Crippen LogP contribution is 2.17. The summed E-state index contributed by atoms with van der Waals surface area (Å²) in [5.41, 5.74) is 1.05. The quantitative estimate of drug-likeness (QED) is 0.876. The molecule has 0 saturated carbocycles. The number of hydrogen-bond donors (Lipinski definition) is 1. The van der Waals surface area contributed by atoms with Crippen LogP contribution < -0.4 is 10.1 Å². The largest absolute Gasteiger partial charge is 0.497 e. The zero-order chi connectivity index (χ0) is 15.1. The number of amides is 2. The summed E-state index contributed by atoms with van der Waals surface area (Å²) in [7, 11) is 1.65. The predicted molar refractivity (Wildman–Crippen MR) is 81.5 cm³/mol. The zero-order valence-corrected chi connectivity index (χ0v) is 12.8. The second-order valence-electron chi connectivity index (χ2n) is 5.20. The van der Waals surface area contributed by atoms with Gasteiger partial charge >= 0.3 is 6.03 Å². The van der Waals surface area contributed by atoms with Gasteiger partial charge in [0.1, 0.15) is 5.75 Å². The van der Waals surface area contributed by atoms with E-state index >= 15 is 0 Å². The highest BCUT2D eigenvalue weighted by molar-refractivity contribution is 5.74. The number of benzene rings is 1. The Balaban J connectivity index is 2.04. The number of carbonyl (C=O) groups excluding carboxylic acids is 1. The molecule has 1 aliphatic rings. The summed E-state index contributed by atoms with van der Waals surface area (Å²) >= 11 is 0. The molecule has 1 heterocycles. The highest BCUT2D eigenvalue weighted by atomic mass is 16.5. The van der Waals surface area contributed by atoms with Crippen molar-refractivity contribution in [1.29, 1.82) is 0 Å². The smallest absolute Gasteiger partial charge is 0.317 e. The first-order valence-corrected chi connectivity index (χ1v) is 7.50. The highest BCUT2D eigenvalue weighted by Gasteiger charge is 2.22. The average molecular weight is 292 g/mol. The lowest BCUT2D eigenvalue weighted by atomic mass is 10.2. The number of nitrogens with one attached hydrogen (secondary N) is 1. The number of rotatable bonds is 6. The summed E-state index contributed by atoms with van der Waals surface area (Å²) in [5.74, 6) is 0.806. The summed E-state index contributed by atoms with van der Waals surface area (Å²) < 4.78 is 10.9.